The van der Waals surface area contributed by atoms with Gasteiger partial charge >= 0.3 is 5.97 Å². The van der Waals surface area contributed by atoms with Crippen LogP contribution >= 0.6 is 0 Å². The monoisotopic (exact) mass is 215 g/mol. The highest BCUT2D eigenvalue weighted by atomic mass is 19.1. The third kappa shape index (κ3) is 3.30. The fraction of sp³-hybridized carbons (Fsp3) is 0.727. The molecule has 1 aliphatic rings. The lowest BCUT2D eigenvalue weighted by atomic mass is 10.0. The average Bonchev–Trinajstić information content (AvgIpc) is 2.42. The molecule has 2 atom stereocenters. The van der Waals surface area contributed by atoms with E-state index in [0.717, 1.165) is 6.08 Å². The van der Waals surface area contributed by atoms with Crippen molar-refractivity contribution in [2.24, 2.45) is 0 Å². The number of likely N-dealkylation sites (tertiary alicyclic amines) is 1. The summed E-state index contributed by atoms with van der Waals surface area (Å²) in [7, 11) is 0. The minimum absolute atomic E-state index is 0.101. The first-order valence-corrected chi connectivity index (χ1v) is 5.12. The van der Waals surface area contributed by atoms with Gasteiger partial charge in [0, 0.05) is 24.2 Å². The molecule has 0 saturated carbocycles. The van der Waals surface area contributed by atoms with Gasteiger partial charge < -0.3 is 5.11 Å². The van der Waals surface area contributed by atoms with E-state index >= 15 is 0 Å². The van der Waals surface area contributed by atoms with Gasteiger partial charge in [0.05, 0.1) is 0 Å². The molecule has 1 N–H and O–H groups in total. The van der Waals surface area contributed by atoms with Gasteiger partial charge in [-0.25, -0.2) is 9.18 Å². The summed E-state index contributed by atoms with van der Waals surface area (Å²) in [5.74, 6) is -0.980. The maximum atomic E-state index is 13.3. The second-order valence-corrected chi connectivity index (χ2v) is 4.92. The Kier molecular flexibility index (Phi) is 3.50. The number of carboxylic acid groups (broad SMARTS) is 1. The molecular formula is C11H18FNO2. The number of alkyl halides is 1. The van der Waals surface area contributed by atoms with E-state index in [2.05, 4.69) is 0 Å². The van der Waals surface area contributed by atoms with E-state index in [1.165, 1.54) is 0 Å². The zero-order valence-electron chi connectivity index (χ0n) is 9.40. The molecule has 1 saturated heterocycles. The lowest BCUT2D eigenvalue weighted by Crippen LogP contribution is -2.44. The summed E-state index contributed by atoms with van der Waals surface area (Å²) in [6.45, 7) is 6.41. The third-order valence-electron chi connectivity index (χ3n) is 2.61. The summed E-state index contributed by atoms with van der Waals surface area (Å²) in [4.78, 5) is 12.4. The van der Waals surface area contributed by atoms with Crippen LogP contribution in [0.1, 0.15) is 27.2 Å². The van der Waals surface area contributed by atoms with Gasteiger partial charge in [-0.05, 0) is 27.2 Å². The number of aliphatic carboxylic acids is 1. The molecule has 0 aromatic rings. The Morgan fingerprint density at radius 1 is 1.53 bits per heavy atom. The third-order valence-corrected chi connectivity index (χ3v) is 2.61. The fourth-order valence-electron chi connectivity index (χ4n) is 1.96. The molecule has 3 nitrogen and oxygen atoms in total. The number of nitrogens with zero attached hydrogens (tertiary/aromatic N) is 1. The van der Waals surface area contributed by atoms with E-state index in [1.807, 2.05) is 25.7 Å². The van der Waals surface area contributed by atoms with Crippen molar-refractivity contribution in [2.75, 3.05) is 6.54 Å². The molecule has 0 aromatic carbocycles. The van der Waals surface area contributed by atoms with Crippen LogP contribution in [0.5, 0.6) is 0 Å². The summed E-state index contributed by atoms with van der Waals surface area (Å²) in [6.07, 6.45) is 2.21. The number of hydrogen-bond acceptors (Lipinski definition) is 2. The zero-order valence-corrected chi connectivity index (χ0v) is 9.40. The van der Waals surface area contributed by atoms with Crippen LogP contribution in [0.3, 0.4) is 0 Å². The molecule has 1 aliphatic heterocycles. The molecule has 86 valence electrons. The van der Waals surface area contributed by atoms with Crippen LogP contribution in [-0.2, 0) is 4.79 Å². The number of halogens is 1. The predicted molar refractivity (Wildman–Crippen MR) is 56.5 cm³/mol. The van der Waals surface area contributed by atoms with Crippen LogP contribution in [-0.4, -0.2) is 40.3 Å². The van der Waals surface area contributed by atoms with Crippen molar-refractivity contribution in [3.05, 3.63) is 12.2 Å². The van der Waals surface area contributed by atoms with Gasteiger partial charge in [-0.2, -0.15) is 0 Å². The quantitative estimate of drug-likeness (QED) is 0.714. The summed E-state index contributed by atoms with van der Waals surface area (Å²) in [5, 5.41) is 8.53. The van der Waals surface area contributed by atoms with Crippen LogP contribution in [0.15, 0.2) is 12.2 Å². The Morgan fingerprint density at radius 2 is 2.13 bits per heavy atom. The molecule has 0 radical (unpaired) electrons. The van der Waals surface area contributed by atoms with Crippen molar-refractivity contribution < 1.29 is 14.3 Å². The van der Waals surface area contributed by atoms with E-state index in [1.54, 1.807) is 6.08 Å². The predicted octanol–water partition coefficient (Wildman–Crippen LogP) is 1.84. The van der Waals surface area contributed by atoms with E-state index in [9.17, 15) is 9.18 Å². The van der Waals surface area contributed by atoms with Crippen molar-refractivity contribution in [1.29, 1.82) is 0 Å². The summed E-state index contributed by atoms with van der Waals surface area (Å²) in [6, 6.07) is -0.101. The SMILES string of the molecule is CC(C)(C)N1CC(F)CC1/C=C/C(=O)O. The maximum absolute atomic E-state index is 13.3. The summed E-state index contributed by atoms with van der Waals surface area (Å²) in [5.41, 5.74) is -0.131. The van der Waals surface area contributed by atoms with Crippen LogP contribution in [0, 0.1) is 0 Å². The van der Waals surface area contributed by atoms with Gasteiger partial charge in [0.2, 0.25) is 0 Å². The molecule has 0 aliphatic carbocycles. The molecule has 4 heteroatoms. The van der Waals surface area contributed by atoms with Crippen molar-refractivity contribution in [1.82, 2.24) is 4.90 Å². The van der Waals surface area contributed by atoms with E-state index in [4.69, 9.17) is 5.11 Å². The molecular weight excluding hydrogens is 197 g/mol. The molecule has 0 amide bonds. The van der Waals surface area contributed by atoms with E-state index < -0.39 is 12.1 Å². The highest BCUT2D eigenvalue weighted by Crippen LogP contribution is 2.28. The summed E-state index contributed by atoms with van der Waals surface area (Å²) >= 11 is 0. The Bertz CT molecular complexity index is 270. The summed E-state index contributed by atoms with van der Waals surface area (Å²) < 4.78 is 13.3. The minimum atomic E-state index is -0.980. The standard InChI is InChI=1S/C11H18FNO2/c1-11(2,3)13-7-8(12)6-9(13)4-5-10(14)15/h4-5,8-9H,6-7H2,1-3H3,(H,14,15)/b5-4+. The van der Waals surface area contributed by atoms with E-state index in [-0.39, 0.29) is 11.6 Å². The number of rotatable bonds is 2. The maximum Gasteiger partial charge on any atom is 0.328 e. The lowest BCUT2D eigenvalue weighted by molar-refractivity contribution is -0.131. The minimum Gasteiger partial charge on any atom is -0.478 e. The molecule has 0 spiro atoms. The van der Waals surface area contributed by atoms with Crippen LogP contribution in [0.4, 0.5) is 4.39 Å². The van der Waals surface area contributed by atoms with E-state index in [0.29, 0.717) is 13.0 Å². The topological polar surface area (TPSA) is 40.5 Å². The first-order valence-electron chi connectivity index (χ1n) is 5.12. The highest BCUT2D eigenvalue weighted by Gasteiger charge is 2.36. The largest absolute Gasteiger partial charge is 0.478 e. The first kappa shape index (κ1) is 12.2. The lowest BCUT2D eigenvalue weighted by Gasteiger charge is -2.35. The molecule has 2 unspecified atom stereocenters. The van der Waals surface area contributed by atoms with Gasteiger partial charge in [-0.1, -0.05) is 6.08 Å². The molecule has 1 rings (SSSR count). The second kappa shape index (κ2) is 4.31. The van der Waals surface area contributed by atoms with Crippen molar-refractivity contribution in [3.8, 4) is 0 Å². The molecule has 0 aromatic heterocycles. The van der Waals surface area contributed by atoms with Gasteiger partial charge in [0.25, 0.3) is 0 Å². The molecule has 0 bridgehead atoms. The fourth-order valence-corrected chi connectivity index (χ4v) is 1.96. The second-order valence-electron chi connectivity index (χ2n) is 4.92. The number of carbonyl (C=O) groups is 1. The highest BCUT2D eigenvalue weighted by molar-refractivity contribution is 5.79. The number of hydrogen-bond donors (Lipinski definition) is 1. The smallest absolute Gasteiger partial charge is 0.328 e. The van der Waals surface area contributed by atoms with Gasteiger partial charge in [-0.3, -0.25) is 4.90 Å². The Labute approximate surface area is 89.6 Å². The Morgan fingerprint density at radius 3 is 2.60 bits per heavy atom. The van der Waals surface area contributed by atoms with Gasteiger partial charge in [0.1, 0.15) is 6.17 Å². The zero-order chi connectivity index (χ0) is 11.6. The number of carboxylic acids is 1. The van der Waals surface area contributed by atoms with Crippen molar-refractivity contribution in [2.45, 2.75) is 44.9 Å². The Balaban J connectivity index is 2.73. The molecule has 15 heavy (non-hydrogen) atoms. The molecule has 1 fully saturated rings. The van der Waals surface area contributed by atoms with Gasteiger partial charge in [-0.15, -0.1) is 0 Å². The van der Waals surface area contributed by atoms with Crippen LogP contribution < -0.4 is 0 Å². The molecule has 1 heterocycles. The normalized spacial score (nSPS) is 28.8. The van der Waals surface area contributed by atoms with Crippen LogP contribution in [0.2, 0.25) is 0 Å². The van der Waals surface area contributed by atoms with Crippen molar-refractivity contribution >= 4 is 5.97 Å². The Hall–Kier alpha value is -0.900. The average molecular weight is 215 g/mol. The van der Waals surface area contributed by atoms with Crippen molar-refractivity contribution in [3.63, 3.8) is 0 Å². The van der Waals surface area contributed by atoms with Crippen LogP contribution in [0.25, 0.3) is 0 Å². The first-order chi connectivity index (χ1) is 6.80. The van der Waals surface area contributed by atoms with Gasteiger partial charge in [0.15, 0.2) is 0 Å².